The van der Waals surface area contributed by atoms with E-state index in [9.17, 15) is 4.79 Å². The van der Waals surface area contributed by atoms with Gasteiger partial charge in [0.25, 0.3) is 5.91 Å². The van der Waals surface area contributed by atoms with Crippen LogP contribution in [0.1, 0.15) is 37.3 Å². The van der Waals surface area contributed by atoms with Gasteiger partial charge in [0.2, 0.25) is 0 Å². The number of carbonyl (C=O) groups is 1. The number of likely N-dealkylation sites (N-methyl/N-ethyl adjacent to an activating group) is 1. The highest BCUT2D eigenvalue weighted by Gasteiger charge is 2.26. The monoisotopic (exact) mass is 292 g/mol. The summed E-state index contributed by atoms with van der Waals surface area (Å²) in [6.07, 6.45) is 4.59. The van der Waals surface area contributed by atoms with Gasteiger partial charge in [-0.1, -0.05) is 12.8 Å². The zero-order valence-electron chi connectivity index (χ0n) is 12.8. The smallest absolute Gasteiger partial charge is 0.255 e. The lowest BCUT2D eigenvalue weighted by Gasteiger charge is -2.28. The van der Waals surface area contributed by atoms with Crippen molar-refractivity contribution in [2.45, 2.75) is 37.7 Å². The topological polar surface area (TPSA) is 59.4 Å². The Morgan fingerprint density at radius 2 is 2.14 bits per heavy atom. The Morgan fingerprint density at radius 3 is 2.86 bits per heavy atom. The first-order chi connectivity index (χ1) is 10.1. The summed E-state index contributed by atoms with van der Waals surface area (Å²) in [5.74, 6) is 1.24. The third-order valence-corrected chi connectivity index (χ3v) is 4.49. The van der Waals surface area contributed by atoms with Crippen molar-refractivity contribution < 1.29 is 9.53 Å². The van der Waals surface area contributed by atoms with E-state index in [1.807, 2.05) is 20.2 Å². The number of hydrogen-bond donors (Lipinski definition) is 1. The van der Waals surface area contributed by atoms with E-state index in [4.69, 9.17) is 4.74 Å². The fraction of sp³-hybridized carbons (Fsp3) is 0.733. The lowest BCUT2D eigenvalue weighted by Crippen LogP contribution is -2.46. The summed E-state index contributed by atoms with van der Waals surface area (Å²) in [4.78, 5) is 14.4. The van der Waals surface area contributed by atoms with Gasteiger partial charge in [0.15, 0.2) is 0 Å². The molecule has 0 bridgehead atoms. The Balaban J connectivity index is 1.65. The summed E-state index contributed by atoms with van der Waals surface area (Å²) in [5.41, 5.74) is 1.10. The fourth-order valence-corrected chi connectivity index (χ4v) is 3.17. The number of aromatic nitrogens is 2. The van der Waals surface area contributed by atoms with E-state index in [0.717, 1.165) is 18.1 Å². The molecule has 6 nitrogen and oxygen atoms in total. The molecule has 1 aliphatic heterocycles. The number of amides is 1. The molecule has 1 aromatic heterocycles. The minimum atomic E-state index is -0.395. The van der Waals surface area contributed by atoms with Crippen LogP contribution in [-0.4, -0.2) is 53.4 Å². The first kappa shape index (κ1) is 14.5. The van der Waals surface area contributed by atoms with Crippen LogP contribution in [0.5, 0.6) is 0 Å². The summed E-state index contributed by atoms with van der Waals surface area (Å²) in [6.45, 7) is 2.12. The number of hydrogen-bond acceptors (Lipinski definition) is 4. The van der Waals surface area contributed by atoms with Gasteiger partial charge in [-0.3, -0.25) is 9.48 Å². The van der Waals surface area contributed by atoms with Gasteiger partial charge in [-0.15, -0.1) is 0 Å². The fourth-order valence-electron chi connectivity index (χ4n) is 3.17. The molecule has 2 fully saturated rings. The molecule has 1 saturated heterocycles. The maximum Gasteiger partial charge on any atom is 0.255 e. The molecule has 1 amide bonds. The van der Waals surface area contributed by atoms with Crippen molar-refractivity contribution in [3.05, 3.63) is 11.8 Å². The minimum absolute atomic E-state index is 0.0810. The van der Waals surface area contributed by atoms with E-state index >= 15 is 0 Å². The van der Waals surface area contributed by atoms with Crippen LogP contribution in [0, 0.1) is 0 Å². The van der Waals surface area contributed by atoms with Gasteiger partial charge in [0, 0.05) is 32.1 Å². The molecule has 6 heteroatoms. The highest BCUT2D eigenvalue weighted by Crippen LogP contribution is 2.34. The molecule has 1 aliphatic carbocycles. The maximum atomic E-state index is 12.3. The number of nitrogens with zero attached hydrogens (tertiary/aromatic N) is 3. The normalized spacial score (nSPS) is 24.4. The van der Waals surface area contributed by atoms with Crippen LogP contribution in [0.4, 0.5) is 5.82 Å². The molecule has 116 valence electrons. The van der Waals surface area contributed by atoms with Gasteiger partial charge in [0.05, 0.1) is 12.3 Å². The average Bonchev–Trinajstić information content (AvgIpc) is 3.09. The molecule has 0 unspecified atom stereocenters. The highest BCUT2D eigenvalue weighted by atomic mass is 16.5. The van der Waals surface area contributed by atoms with Gasteiger partial charge >= 0.3 is 0 Å². The standard InChI is InChI=1S/C15H24N4O2/c1-18-7-8-21-13(10-18)15(20)16-14-9-12(17-19(14)2)11-5-3-4-6-11/h9,11,13H,3-8,10H2,1-2H3,(H,16,20)/t13-/m1/s1. The van der Waals surface area contributed by atoms with Gasteiger partial charge < -0.3 is 15.0 Å². The Hall–Kier alpha value is -1.40. The third kappa shape index (κ3) is 3.27. The molecule has 2 heterocycles. The molecule has 0 radical (unpaired) electrons. The van der Waals surface area contributed by atoms with Crippen molar-refractivity contribution in [2.75, 3.05) is 32.1 Å². The van der Waals surface area contributed by atoms with Gasteiger partial charge in [-0.05, 0) is 19.9 Å². The van der Waals surface area contributed by atoms with E-state index in [0.29, 0.717) is 19.1 Å². The Labute approximate surface area is 125 Å². The van der Waals surface area contributed by atoms with Crippen LogP contribution in [0.3, 0.4) is 0 Å². The number of carbonyl (C=O) groups excluding carboxylic acids is 1. The Bertz CT molecular complexity index is 508. The molecule has 1 N–H and O–H groups in total. The van der Waals surface area contributed by atoms with Crippen LogP contribution < -0.4 is 5.32 Å². The van der Waals surface area contributed by atoms with Crippen LogP contribution in [0.25, 0.3) is 0 Å². The van der Waals surface area contributed by atoms with Crippen molar-refractivity contribution in [3.8, 4) is 0 Å². The number of nitrogens with one attached hydrogen (secondary N) is 1. The van der Waals surface area contributed by atoms with E-state index in [-0.39, 0.29) is 5.91 Å². The van der Waals surface area contributed by atoms with E-state index in [1.54, 1.807) is 4.68 Å². The number of ether oxygens (including phenoxy) is 1. The summed E-state index contributed by atoms with van der Waals surface area (Å²) in [7, 11) is 3.88. The predicted molar refractivity (Wildman–Crippen MR) is 80.3 cm³/mol. The van der Waals surface area contributed by atoms with E-state index in [2.05, 4.69) is 15.3 Å². The van der Waals surface area contributed by atoms with Crippen molar-refractivity contribution in [1.82, 2.24) is 14.7 Å². The molecule has 1 atom stereocenters. The van der Waals surface area contributed by atoms with Crippen molar-refractivity contribution in [3.63, 3.8) is 0 Å². The second-order valence-electron chi connectivity index (χ2n) is 6.17. The molecule has 2 aliphatic rings. The maximum absolute atomic E-state index is 12.3. The number of aryl methyl sites for hydroxylation is 1. The van der Waals surface area contributed by atoms with E-state index in [1.165, 1.54) is 25.7 Å². The largest absolute Gasteiger partial charge is 0.366 e. The van der Waals surface area contributed by atoms with Crippen molar-refractivity contribution in [2.24, 2.45) is 7.05 Å². The molecule has 21 heavy (non-hydrogen) atoms. The molecule has 3 rings (SSSR count). The van der Waals surface area contributed by atoms with Crippen LogP contribution in [-0.2, 0) is 16.6 Å². The summed E-state index contributed by atoms with van der Waals surface area (Å²) in [6, 6.07) is 2.01. The van der Waals surface area contributed by atoms with Crippen LogP contribution >= 0.6 is 0 Å². The molecular formula is C15H24N4O2. The van der Waals surface area contributed by atoms with Gasteiger partial charge in [-0.25, -0.2) is 0 Å². The lowest BCUT2D eigenvalue weighted by atomic mass is 10.0. The first-order valence-corrected chi connectivity index (χ1v) is 7.78. The van der Waals surface area contributed by atoms with Crippen LogP contribution in [0.2, 0.25) is 0 Å². The predicted octanol–water partition coefficient (Wildman–Crippen LogP) is 1.35. The SMILES string of the molecule is CN1CCO[C@@H](C(=O)Nc2cc(C3CCCC3)nn2C)C1. The lowest BCUT2D eigenvalue weighted by molar-refractivity contribution is -0.132. The van der Waals surface area contributed by atoms with Crippen LogP contribution in [0.15, 0.2) is 6.07 Å². The second kappa shape index (κ2) is 6.15. The zero-order valence-corrected chi connectivity index (χ0v) is 12.8. The highest BCUT2D eigenvalue weighted by molar-refractivity contribution is 5.93. The second-order valence-corrected chi connectivity index (χ2v) is 6.17. The number of anilines is 1. The van der Waals surface area contributed by atoms with Crippen molar-refractivity contribution >= 4 is 11.7 Å². The first-order valence-electron chi connectivity index (χ1n) is 7.78. The van der Waals surface area contributed by atoms with E-state index < -0.39 is 6.10 Å². The summed E-state index contributed by atoms with van der Waals surface area (Å²) in [5, 5.41) is 7.51. The summed E-state index contributed by atoms with van der Waals surface area (Å²) < 4.78 is 7.31. The van der Waals surface area contributed by atoms with Crippen molar-refractivity contribution in [1.29, 1.82) is 0 Å². The molecule has 0 spiro atoms. The van der Waals surface area contributed by atoms with Gasteiger partial charge in [0.1, 0.15) is 11.9 Å². The molecule has 0 aromatic carbocycles. The Morgan fingerprint density at radius 1 is 1.38 bits per heavy atom. The minimum Gasteiger partial charge on any atom is -0.366 e. The number of rotatable bonds is 3. The Kier molecular flexibility index (Phi) is 4.26. The molecular weight excluding hydrogens is 268 g/mol. The zero-order chi connectivity index (χ0) is 14.8. The molecule has 1 saturated carbocycles. The quantitative estimate of drug-likeness (QED) is 0.913. The third-order valence-electron chi connectivity index (χ3n) is 4.49. The summed E-state index contributed by atoms with van der Waals surface area (Å²) >= 11 is 0. The molecule has 1 aromatic rings. The van der Waals surface area contributed by atoms with Gasteiger partial charge in [-0.2, -0.15) is 5.10 Å². The number of morpholine rings is 1. The average molecular weight is 292 g/mol.